The molecule has 2 aliphatic heterocycles. The average molecular weight is 299 g/mol. The minimum atomic E-state index is -0.298. The van der Waals surface area contributed by atoms with Crippen LogP contribution >= 0.6 is 0 Å². The molecular weight excluding hydrogens is 274 g/mol. The second-order valence-electron chi connectivity index (χ2n) is 6.50. The van der Waals surface area contributed by atoms with Crippen molar-refractivity contribution in [2.75, 3.05) is 32.1 Å². The minimum Gasteiger partial charge on any atom is -0.378 e. The molecule has 0 spiro atoms. The highest BCUT2D eigenvalue weighted by molar-refractivity contribution is 5.87. The lowest BCUT2D eigenvalue weighted by Gasteiger charge is -2.38. The van der Waals surface area contributed by atoms with Gasteiger partial charge in [-0.15, -0.1) is 0 Å². The summed E-state index contributed by atoms with van der Waals surface area (Å²) in [6.45, 7) is 2.54. The SMILES string of the molecule is CN(C)c1cccc(CNC(=O)C23CC=CCN2CCC3)c1. The van der Waals surface area contributed by atoms with Gasteiger partial charge in [-0.05, 0) is 43.5 Å². The molecule has 1 fully saturated rings. The van der Waals surface area contributed by atoms with E-state index >= 15 is 0 Å². The molecular formula is C18H25N3O. The third-order valence-electron chi connectivity index (χ3n) is 4.87. The number of benzene rings is 1. The number of hydrogen-bond acceptors (Lipinski definition) is 3. The van der Waals surface area contributed by atoms with Gasteiger partial charge in [0.15, 0.2) is 0 Å². The number of carbonyl (C=O) groups excluding carboxylic acids is 1. The smallest absolute Gasteiger partial charge is 0.241 e. The van der Waals surface area contributed by atoms with Crippen molar-refractivity contribution in [2.24, 2.45) is 0 Å². The first kappa shape index (κ1) is 15.1. The van der Waals surface area contributed by atoms with E-state index in [1.165, 1.54) is 0 Å². The quantitative estimate of drug-likeness (QED) is 0.866. The van der Waals surface area contributed by atoms with E-state index in [0.717, 1.165) is 43.6 Å². The average Bonchev–Trinajstić information content (AvgIpc) is 2.98. The maximum absolute atomic E-state index is 12.8. The summed E-state index contributed by atoms with van der Waals surface area (Å²) in [5, 5.41) is 3.16. The van der Waals surface area contributed by atoms with Crippen LogP contribution in [0, 0.1) is 0 Å². The van der Waals surface area contributed by atoms with Crippen molar-refractivity contribution in [1.29, 1.82) is 0 Å². The number of nitrogens with zero attached hydrogens (tertiary/aromatic N) is 2. The maximum atomic E-state index is 12.8. The molecule has 1 aromatic rings. The first-order valence-corrected chi connectivity index (χ1v) is 8.06. The van der Waals surface area contributed by atoms with Crippen molar-refractivity contribution in [1.82, 2.24) is 10.2 Å². The van der Waals surface area contributed by atoms with Crippen molar-refractivity contribution >= 4 is 11.6 Å². The zero-order valence-corrected chi connectivity index (χ0v) is 13.5. The second kappa shape index (κ2) is 6.13. The third-order valence-corrected chi connectivity index (χ3v) is 4.87. The lowest BCUT2D eigenvalue weighted by Crippen LogP contribution is -2.56. The Hall–Kier alpha value is -1.81. The molecule has 0 aromatic heterocycles. The van der Waals surface area contributed by atoms with Gasteiger partial charge in [0.05, 0.1) is 0 Å². The highest BCUT2D eigenvalue weighted by atomic mass is 16.2. The van der Waals surface area contributed by atoms with Crippen molar-refractivity contribution in [3.63, 3.8) is 0 Å². The fraction of sp³-hybridized carbons (Fsp3) is 0.500. The number of anilines is 1. The molecule has 0 saturated carbocycles. The Morgan fingerprint density at radius 1 is 1.36 bits per heavy atom. The largest absolute Gasteiger partial charge is 0.378 e. The van der Waals surface area contributed by atoms with Gasteiger partial charge in [-0.2, -0.15) is 0 Å². The van der Waals surface area contributed by atoms with Gasteiger partial charge in [-0.3, -0.25) is 9.69 Å². The highest BCUT2D eigenvalue weighted by Gasteiger charge is 2.46. The summed E-state index contributed by atoms with van der Waals surface area (Å²) in [5.41, 5.74) is 2.01. The molecule has 0 radical (unpaired) electrons. The Bertz CT molecular complexity index is 581. The molecule has 118 valence electrons. The van der Waals surface area contributed by atoms with E-state index in [-0.39, 0.29) is 11.4 Å². The Kier molecular flexibility index (Phi) is 4.21. The lowest BCUT2D eigenvalue weighted by atomic mass is 9.88. The summed E-state index contributed by atoms with van der Waals surface area (Å²) in [4.78, 5) is 17.2. The number of nitrogens with one attached hydrogen (secondary N) is 1. The van der Waals surface area contributed by atoms with Crippen LogP contribution in [0.2, 0.25) is 0 Å². The molecule has 4 nitrogen and oxygen atoms in total. The maximum Gasteiger partial charge on any atom is 0.241 e. The standard InChI is InChI=1S/C18H25N3O/c1-20(2)16-8-5-7-15(13-16)14-19-17(22)18-9-3-4-11-21(18)12-6-10-18/h3-5,7-8,13H,6,9-12,14H2,1-2H3,(H,19,22). The molecule has 2 heterocycles. The van der Waals surface area contributed by atoms with E-state index in [2.05, 4.69) is 45.5 Å². The summed E-state index contributed by atoms with van der Waals surface area (Å²) in [6, 6.07) is 8.32. The zero-order valence-electron chi connectivity index (χ0n) is 13.5. The van der Waals surface area contributed by atoms with Gasteiger partial charge in [0.25, 0.3) is 0 Å². The molecule has 1 N–H and O–H groups in total. The molecule has 1 saturated heterocycles. The van der Waals surface area contributed by atoms with Gasteiger partial charge in [-0.1, -0.05) is 24.3 Å². The summed E-state index contributed by atoms with van der Waals surface area (Å²) in [6.07, 6.45) is 7.27. The van der Waals surface area contributed by atoms with E-state index in [9.17, 15) is 4.79 Å². The topological polar surface area (TPSA) is 35.6 Å². The summed E-state index contributed by atoms with van der Waals surface area (Å²) in [5.74, 6) is 0.185. The van der Waals surface area contributed by atoms with Gasteiger partial charge in [0.2, 0.25) is 5.91 Å². The Morgan fingerprint density at radius 3 is 3.05 bits per heavy atom. The number of amides is 1. The van der Waals surface area contributed by atoms with Crippen LogP contribution < -0.4 is 10.2 Å². The van der Waals surface area contributed by atoms with Crippen molar-refractivity contribution in [3.8, 4) is 0 Å². The number of fused-ring (bicyclic) bond motifs is 1. The summed E-state index contributed by atoms with van der Waals surface area (Å²) in [7, 11) is 4.06. The third kappa shape index (κ3) is 2.75. The Morgan fingerprint density at radius 2 is 2.23 bits per heavy atom. The van der Waals surface area contributed by atoms with Gasteiger partial charge in [0, 0.05) is 32.9 Å². The number of rotatable bonds is 4. The van der Waals surface area contributed by atoms with E-state index in [0.29, 0.717) is 6.54 Å². The molecule has 22 heavy (non-hydrogen) atoms. The molecule has 1 unspecified atom stereocenters. The molecule has 0 bridgehead atoms. The Balaban J connectivity index is 1.67. The predicted octanol–water partition coefficient (Wildman–Crippen LogP) is 2.16. The minimum absolute atomic E-state index is 0.185. The van der Waals surface area contributed by atoms with Crippen LogP contribution in [0.15, 0.2) is 36.4 Å². The molecule has 0 aliphatic carbocycles. The van der Waals surface area contributed by atoms with Gasteiger partial charge in [0.1, 0.15) is 5.54 Å². The molecule has 1 atom stereocenters. The van der Waals surface area contributed by atoms with Gasteiger partial charge >= 0.3 is 0 Å². The van der Waals surface area contributed by atoms with E-state index < -0.39 is 0 Å². The summed E-state index contributed by atoms with van der Waals surface area (Å²) < 4.78 is 0. The van der Waals surface area contributed by atoms with Crippen LogP contribution in [-0.2, 0) is 11.3 Å². The second-order valence-corrected chi connectivity index (χ2v) is 6.50. The fourth-order valence-electron chi connectivity index (χ4n) is 3.55. The number of carbonyl (C=O) groups is 1. The van der Waals surface area contributed by atoms with Crippen LogP contribution in [0.3, 0.4) is 0 Å². The van der Waals surface area contributed by atoms with Crippen molar-refractivity contribution < 1.29 is 4.79 Å². The number of hydrogen-bond donors (Lipinski definition) is 1. The summed E-state index contributed by atoms with van der Waals surface area (Å²) >= 11 is 0. The van der Waals surface area contributed by atoms with Crippen molar-refractivity contribution in [2.45, 2.75) is 31.3 Å². The van der Waals surface area contributed by atoms with Crippen LogP contribution in [-0.4, -0.2) is 43.5 Å². The van der Waals surface area contributed by atoms with Crippen LogP contribution in [0.5, 0.6) is 0 Å². The first-order chi connectivity index (χ1) is 10.6. The van der Waals surface area contributed by atoms with E-state index in [4.69, 9.17) is 0 Å². The van der Waals surface area contributed by atoms with Crippen LogP contribution in [0.25, 0.3) is 0 Å². The van der Waals surface area contributed by atoms with Crippen LogP contribution in [0.4, 0.5) is 5.69 Å². The van der Waals surface area contributed by atoms with E-state index in [1.54, 1.807) is 0 Å². The highest BCUT2D eigenvalue weighted by Crippen LogP contribution is 2.35. The molecule has 4 heteroatoms. The lowest BCUT2D eigenvalue weighted by molar-refractivity contribution is -0.132. The monoisotopic (exact) mass is 299 g/mol. The predicted molar refractivity (Wildman–Crippen MR) is 89.9 cm³/mol. The zero-order chi connectivity index (χ0) is 15.6. The molecule has 2 aliphatic rings. The molecule has 1 amide bonds. The first-order valence-electron chi connectivity index (χ1n) is 8.06. The van der Waals surface area contributed by atoms with E-state index in [1.807, 2.05) is 20.2 Å². The molecule has 1 aromatic carbocycles. The normalized spacial score (nSPS) is 24.1. The Labute approximate surface area is 132 Å². The fourth-order valence-corrected chi connectivity index (χ4v) is 3.55. The van der Waals surface area contributed by atoms with Crippen LogP contribution in [0.1, 0.15) is 24.8 Å². The van der Waals surface area contributed by atoms with Gasteiger partial charge in [-0.25, -0.2) is 0 Å². The molecule has 3 rings (SSSR count). The van der Waals surface area contributed by atoms with Gasteiger partial charge < -0.3 is 10.2 Å². The van der Waals surface area contributed by atoms with Crippen molar-refractivity contribution in [3.05, 3.63) is 42.0 Å².